The molecule has 1 heterocycles. The van der Waals surface area contributed by atoms with Crippen LogP contribution >= 0.6 is 11.3 Å². The van der Waals surface area contributed by atoms with Crippen molar-refractivity contribution in [2.45, 2.75) is 38.5 Å². The number of rotatable bonds is 2. The number of thiophene rings is 1. The molecular formula is C19H21NOS. The highest BCUT2D eigenvalue weighted by Gasteiger charge is 2.54. The van der Waals surface area contributed by atoms with Gasteiger partial charge >= 0.3 is 0 Å². The number of benzene rings is 1. The number of fused-ring (bicyclic) bond motifs is 1. The first-order chi connectivity index (χ1) is 10.7. The SMILES string of the molecule is O=C(Nc1cc2ccccc2s1)C12CC3CC(CC(C3)C1)C2. The van der Waals surface area contributed by atoms with Crippen LogP contribution in [-0.4, -0.2) is 5.91 Å². The largest absolute Gasteiger partial charge is 0.317 e. The van der Waals surface area contributed by atoms with E-state index in [1.807, 2.05) is 0 Å². The van der Waals surface area contributed by atoms with Gasteiger partial charge in [-0.1, -0.05) is 18.2 Å². The van der Waals surface area contributed by atoms with Crippen LogP contribution in [0.2, 0.25) is 0 Å². The maximum Gasteiger partial charge on any atom is 0.231 e. The first-order valence-corrected chi connectivity index (χ1v) is 9.32. The van der Waals surface area contributed by atoms with Crippen molar-refractivity contribution < 1.29 is 4.79 Å². The first kappa shape index (κ1) is 13.1. The Morgan fingerprint density at radius 1 is 1.05 bits per heavy atom. The molecule has 1 N–H and O–H groups in total. The summed E-state index contributed by atoms with van der Waals surface area (Å²) in [6, 6.07) is 10.5. The number of hydrogen-bond donors (Lipinski definition) is 1. The number of hydrogen-bond acceptors (Lipinski definition) is 2. The van der Waals surface area contributed by atoms with E-state index < -0.39 is 0 Å². The van der Waals surface area contributed by atoms with Crippen LogP contribution in [0, 0.1) is 23.2 Å². The van der Waals surface area contributed by atoms with Gasteiger partial charge in [0.25, 0.3) is 0 Å². The molecule has 4 aliphatic rings. The van der Waals surface area contributed by atoms with E-state index in [0.717, 1.165) is 42.0 Å². The molecule has 6 rings (SSSR count). The standard InChI is InChI=1S/C19H21NOS/c21-18(20-17-8-15-3-1-2-4-16(15)22-17)19-9-12-5-13(10-19)7-14(6-12)11-19/h1-4,8,12-14H,5-7,9-11H2,(H,20,21). The minimum Gasteiger partial charge on any atom is -0.317 e. The fourth-order valence-corrected chi connectivity index (χ4v) is 6.63. The molecule has 4 aliphatic carbocycles. The minimum atomic E-state index is -0.0507. The summed E-state index contributed by atoms with van der Waals surface area (Å²) in [5, 5.41) is 5.51. The second-order valence-electron chi connectivity index (χ2n) is 7.80. The van der Waals surface area contributed by atoms with Gasteiger partial charge in [0, 0.05) is 4.70 Å². The van der Waals surface area contributed by atoms with Gasteiger partial charge in [-0.3, -0.25) is 4.79 Å². The molecule has 3 heteroatoms. The Bertz CT molecular complexity index is 678. The van der Waals surface area contributed by atoms with Crippen molar-refractivity contribution in [3.63, 3.8) is 0 Å². The predicted octanol–water partition coefficient (Wildman–Crippen LogP) is 5.06. The molecule has 0 radical (unpaired) electrons. The molecule has 0 atom stereocenters. The third-order valence-corrected chi connectivity index (χ3v) is 7.21. The summed E-state index contributed by atoms with van der Waals surface area (Å²) in [5.41, 5.74) is -0.0507. The Morgan fingerprint density at radius 3 is 2.32 bits per heavy atom. The van der Waals surface area contributed by atoms with Crippen molar-refractivity contribution in [3.8, 4) is 0 Å². The highest BCUT2D eigenvalue weighted by atomic mass is 32.1. The average molecular weight is 311 g/mol. The molecule has 4 saturated carbocycles. The molecule has 2 aromatic rings. The van der Waals surface area contributed by atoms with Crippen LogP contribution in [-0.2, 0) is 4.79 Å². The van der Waals surface area contributed by atoms with Crippen molar-refractivity contribution >= 4 is 32.3 Å². The number of carbonyl (C=O) groups is 1. The maximum atomic E-state index is 13.0. The lowest BCUT2D eigenvalue weighted by Gasteiger charge is -2.55. The summed E-state index contributed by atoms with van der Waals surface area (Å²) < 4.78 is 1.25. The van der Waals surface area contributed by atoms with Crippen LogP contribution in [0.3, 0.4) is 0 Å². The van der Waals surface area contributed by atoms with Gasteiger partial charge in [-0.05, 0) is 73.8 Å². The summed E-state index contributed by atoms with van der Waals surface area (Å²) in [5.74, 6) is 2.76. The molecule has 0 spiro atoms. The van der Waals surface area contributed by atoms with Crippen LogP contribution < -0.4 is 5.32 Å². The quantitative estimate of drug-likeness (QED) is 0.825. The molecule has 0 saturated heterocycles. The third kappa shape index (κ3) is 1.95. The van der Waals surface area contributed by atoms with E-state index in [-0.39, 0.29) is 5.41 Å². The van der Waals surface area contributed by atoms with Gasteiger partial charge in [-0.25, -0.2) is 0 Å². The first-order valence-electron chi connectivity index (χ1n) is 8.50. The Hall–Kier alpha value is -1.35. The summed E-state index contributed by atoms with van der Waals surface area (Å²) in [6.07, 6.45) is 7.56. The van der Waals surface area contributed by atoms with Crippen molar-refractivity contribution in [3.05, 3.63) is 30.3 Å². The molecular weight excluding hydrogens is 290 g/mol. The Kier molecular flexibility index (Phi) is 2.73. The zero-order valence-corrected chi connectivity index (χ0v) is 13.5. The average Bonchev–Trinajstić information content (AvgIpc) is 2.88. The molecule has 1 aromatic heterocycles. The van der Waals surface area contributed by atoms with Gasteiger partial charge in [0.05, 0.1) is 10.4 Å². The monoisotopic (exact) mass is 311 g/mol. The third-order valence-electron chi connectivity index (χ3n) is 6.18. The Balaban J connectivity index is 1.42. The van der Waals surface area contributed by atoms with Crippen LogP contribution in [0.15, 0.2) is 30.3 Å². The fraction of sp³-hybridized carbons (Fsp3) is 0.526. The van der Waals surface area contributed by atoms with Gasteiger partial charge in [-0.15, -0.1) is 11.3 Å². The van der Waals surface area contributed by atoms with Crippen molar-refractivity contribution in [2.75, 3.05) is 5.32 Å². The topological polar surface area (TPSA) is 29.1 Å². The number of amides is 1. The zero-order chi connectivity index (χ0) is 14.7. The Labute approximate surface area is 134 Å². The summed E-state index contributed by atoms with van der Waals surface area (Å²) >= 11 is 1.70. The summed E-state index contributed by atoms with van der Waals surface area (Å²) in [7, 11) is 0. The predicted molar refractivity (Wildman–Crippen MR) is 91.1 cm³/mol. The maximum absolute atomic E-state index is 13.0. The lowest BCUT2D eigenvalue weighted by Crippen LogP contribution is -2.51. The van der Waals surface area contributed by atoms with Gasteiger partial charge < -0.3 is 5.32 Å². The highest BCUT2D eigenvalue weighted by molar-refractivity contribution is 7.22. The van der Waals surface area contributed by atoms with Gasteiger partial charge in [0.1, 0.15) is 0 Å². The van der Waals surface area contributed by atoms with Crippen LogP contribution in [0.5, 0.6) is 0 Å². The molecule has 2 nitrogen and oxygen atoms in total. The molecule has 1 amide bonds. The van der Waals surface area contributed by atoms with E-state index in [1.165, 1.54) is 29.3 Å². The van der Waals surface area contributed by atoms with E-state index in [0.29, 0.717) is 5.91 Å². The fourth-order valence-electron chi connectivity index (χ4n) is 5.68. The number of nitrogens with one attached hydrogen (secondary N) is 1. The van der Waals surface area contributed by atoms with E-state index in [9.17, 15) is 4.79 Å². The smallest absolute Gasteiger partial charge is 0.231 e. The molecule has 114 valence electrons. The molecule has 1 aromatic carbocycles. The molecule has 4 bridgehead atoms. The van der Waals surface area contributed by atoms with Gasteiger partial charge in [-0.2, -0.15) is 0 Å². The van der Waals surface area contributed by atoms with Crippen molar-refractivity contribution in [1.29, 1.82) is 0 Å². The molecule has 0 aliphatic heterocycles. The van der Waals surface area contributed by atoms with Crippen LogP contribution in [0.4, 0.5) is 5.00 Å². The Morgan fingerprint density at radius 2 is 1.68 bits per heavy atom. The second-order valence-corrected chi connectivity index (χ2v) is 8.88. The zero-order valence-electron chi connectivity index (χ0n) is 12.7. The lowest BCUT2D eigenvalue weighted by molar-refractivity contribution is -0.140. The normalized spacial score (nSPS) is 35.9. The van der Waals surface area contributed by atoms with Crippen LogP contribution in [0.25, 0.3) is 10.1 Å². The summed E-state index contributed by atoms with van der Waals surface area (Å²) in [6.45, 7) is 0. The van der Waals surface area contributed by atoms with Gasteiger partial charge in [0.2, 0.25) is 5.91 Å². The molecule has 4 fully saturated rings. The van der Waals surface area contributed by atoms with Crippen LogP contribution in [0.1, 0.15) is 38.5 Å². The molecule has 22 heavy (non-hydrogen) atoms. The van der Waals surface area contributed by atoms with Crippen molar-refractivity contribution in [2.24, 2.45) is 23.2 Å². The van der Waals surface area contributed by atoms with E-state index in [4.69, 9.17) is 0 Å². The highest BCUT2D eigenvalue weighted by Crippen LogP contribution is 2.60. The minimum absolute atomic E-state index is 0.0507. The van der Waals surface area contributed by atoms with Gasteiger partial charge in [0.15, 0.2) is 0 Å². The van der Waals surface area contributed by atoms with E-state index in [2.05, 4.69) is 35.6 Å². The number of carbonyl (C=O) groups excluding carboxylic acids is 1. The second kappa shape index (κ2) is 4.58. The molecule has 0 unspecified atom stereocenters. The lowest BCUT2D eigenvalue weighted by atomic mass is 9.49. The number of anilines is 1. The van der Waals surface area contributed by atoms with Crippen molar-refractivity contribution in [1.82, 2.24) is 0 Å². The van der Waals surface area contributed by atoms with E-state index >= 15 is 0 Å². The van der Waals surface area contributed by atoms with E-state index in [1.54, 1.807) is 11.3 Å². The summed E-state index contributed by atoms with van der Waals surface area (Å²) in [4.78, 5) is 13.0.